The molecule has 1 saturated carbocycles. The van der Waals surface area contributed by atoms with Gasteiger partial charge in [-0.15, -0.1) is 0 Å². The first-order valence-corrected chi connectivity index (χ1v) is 6.27. The Morgan fingerprint density at radius 3 is 2.44 bits per heavy atom. The van der Waals surface area contributed by atoms with Gasteiger partial charge in [0, 0.05) is 11.3 Å². The largest absolute Gasteiger partial charge is 0.383 e. The molecule has 3 heteroatoms. The van der Waals surface area contributed by atoms with Gasteiger partial charge >= 0.3 is 0 Å². The Hall–Kier alpha value is -2.16. The quantitative estimate of drug-likeness (QED) is 0.659. The van der Waals surface area contributed by atoms with E-state index in [2.05, 4.69) is 34.2 Å². The van der Waals surface area contributed by atoms with Crippen LogP contribution in [0.25, 0.3) is 21.7 Å². The molecule has 0 bridgehead atoms. The molecule has 0 spiro atoms. The Morgan fingerprint density at radius 1 is 1.00 bits per heavy atom. The van der Waals surface area contributed by atoms with Crippen LogP contribution in [-0.2, 0) is 0 Å². The summed E-state index contributed by atoms with van der Waals surface area (Å²) < 4.78 is 0. The fourth-order valence-electron chi connectivity index (χ4n) is 2.38. The summed E-state index contributed by atoms with van der Waals surface area (Å²) in [7, 11) is 0. The number of nitrogens with two attached hydrogens (primary N) is 1. The Balaban J connectivity index is 2.07. The maximum Gasteiger partial charge on any atom is 0.135 e. The van der Waals surface area contributed by atoms with Gasteiger partial charge in [-0.25, -0.2) is 9.97 Å². The normalized spacial score (nSPS) is 15.3. The van der Waals surface area contributed by atoms with Gasteiger partial charge in [-0.1, -0.05) is 24.3 Å². The summed E-state index contributed by atoms with van der Waals surface area (Å²) in [6.07, 6.45) is 2.39. The van der Waals surface area contributed by atoms with Crippen molar-refractivity contribution in [1.29, 1.82) is 0 Å². The van der Waals surface area contributed by atoms with E-state index in [0.717, 1.165) is 16.7 Å². The molecule has 2 aromatic carbocycles. The molecule has 4 rings (SSSR count). The van der Waals surface area contributed by atoms with E-state index < -0.39 is 0 Å². The van der Waals surface area contributed by atoms with Crippen LogP contribution in [0.1, 0.15) is 24.6 Å². The van der Waals surface area contributed by atoms with Crippen LogP contribution in [0, 0.1) is 0 Å². The van der Waals surface area contributed by atoms with Crippen LogP contribution in [0.15, 0.2) is 36.4 Å². The maximum atomic E-state index is 6.06. The van der Waals surface area contributed by atoms with Gasteiger partial charge in [-0.3, -0.25) is 0 Å². The summed E-state index contributed by atoms with van der Waals surface area (Å²) in [5.41, 5.74) is 7.02. The summed E-state index contributed by atoms with van der Waals surface area (Å²) in [4.78, 5) is 9.09. The number of fused-ring (bicyclic) bond motifs is 2. The minimum atomic E-state index is 0.531. The van der Waals surface area contributed by atoms with Crippen molar-refractivity contribution in [1.82, 2.24) is 9.97 Å². The van der Waals surface area contributed by atoms with Gasteiger partial charge in [0.2, 0.25) is 0 Å². The van der Waals surface area contributed by atoms with Gasteiger partial charge in [0.25, 0.3) is 0 Å². The van der Waals surface area contributed by atoms with Gasteiger partial charge in [-0.2, -0.15) is 0 Å². The van der Waals surface area contributed by atoms with Crippen molar-refractivity contribution in [2.24, 2.45) is 0 Å². The number of rotatable bonds is 1. The van der Waals surface area contributed by atoms with Gasteiger partial charge in [0.05, 0.1) is 5.52 Å². The average Bonchev–Trinajstić information content (AvgIpc) is 3.21. The second-order valence-electron chi connectivity index (χ2n) is 4.96. The first-order valence-electron chi connectivity index (χ1n) is 6.27. The van der Waals surface area contributed by atoms with Gasteiger partial charge in [0.1, 0.15) is 11.6 Å². The smallest absolute Gasteiger partial charge is 0.135 e. The lowest BCUT2D eigenvalue weighted by Crippen LogP contribution is -1.99. The Kier molecular flexibility index (Phi) is 1.87. The number of benzene rings is 2. The monoisotopic (exact) mass is 235 g/mol. The predicted molar refractivity (Wildman–Crippen MR) is 73.4 cm³/mol. The molecule has 3 aromatic rings. The third kappa shape index (κ3) is 1.44. The van der Waals surface area contributed by atoms with E-state index in [1.807, 2.05) is 12.1 Å². The number of aromatic nitrogens is 2. The highest BCUT2D eigenvalue weighted by atomic mass is 15.0. The fraction of sp³-hybridized carbons (Fsp3) is 0.200. The zero-order chi connectivity index (χ0) is 12.1. The lowest BCUT2D eigenvalue weighted by molar-refractivity contribution is 0.953. The van der Waals surface area contributed by atoms with Gasteiger partial charge in [-0.05, 0) is 35.7 Å². The molecule has 0 saturated heterocycles. The van der Waals surface area contributed by atoms with Crippen molar-refractivity contribution >= 4 is 27.5 Å². The van der Waals surface area contributed by atoms with Gasteiger partial charge in [0.15, 0.2) is 0 Å². The first-order chi connectivity index (χ1) is 8.81. The molecule has 1 aliphatic carbocycles. The van der Waals surface area contributed by atoms with Crippen LogP contribution in [0.2, 0.25) is 0 Å². The van der Waals surface area contributed by atoms with E-state index in [1.165, 1.54) is 23.6 Å². The summed E-state index contributed by atoms with van der Waals surface area (Å²) >= 11 is 0. The van der Waals surface area contributed by atoms with Crippen molar-refractivity contribution < 1.29 is 0 Å². The summed E-state index contributed by atoms with van der Waals surface area (Å²) in [5.74, 6) is 2.05. The van der Waals surface area contributed by atoms with Crippen molar-refractivity contribution in [3.63, 3.8) is 0 Å². The molecule has 3 nitrogen and oxygen atoms in total. The fourth-order valence-corrected chi connectivity index (χ4v) is 2.38. The molecule has 0 atom stereocenters. The van der Waals surface area contributed by atoms with E-state index in [1.54, 1.807) is 0 Å². The summed E-state index contributed by atoms with van der Waals surface area (Å²) in [6, 6.07) is 12.4. The Morgan fingerprint density at radius 2 is 1.72 bits per heavy atom. The zero-order valence-corrected chi connectivity index (χ0v) is 9.93. The lowest BCUT2D eigenvalue weighted by atomic mass is 10.1. The number of anilines is 1. The molecule has 1 aliphatic rings. The summed E-state index contributed by atoms with van der Waals surface area (Å²) in [6.45, 7) is 0. The van der Waals surface area contributed by atoms with E-state index in [4.69, 9.17) is 5.73 Å². The molecule has 1 heterocycles. The molecule has 18 heavy (non-hydrogen) atoms. The Labute approximate surface area is 105 Å². The van der Waals surface area contributed by atoms with Crippen LogP contribution in [0.4, 0.5) is 5.82 Å². The standard InChI is InChI=1S/C15H13N3/c16-14-12-7-10-3-1-2-4-11(10)8-13(12)17-15(18-14)9-5-6-9/h1-4,7-9H,5-6H2,(H2,16,17,18). The lowest BCUT2D eigenvalue weighted by Gasteiger charge is -2.06. The third-order valence-corrected chi connectivity index (χ3v) is 3.55. The predicted octanol–water partition coefficient (Wildman–Crippen LogP) is 3.24. The Bertz CT molecular complexity index is 760. The van der Waals surface area contributed by atoms with Crippen molar-refractivity contribution in [2.75, 3.05) is 5.73 Å². The highest BCUT2D eigenvalue weighted by Gasteiger charge is 2.27. The third-order valence-electron chi connectivity index (χ3n) is 3.55. The van der Waals surface area contributed by atoms with Crippen molar-refractivity contribution in [2.45, 2.75) is 18.8 Å². The second kappa shape index (κ2) is 3.42. The highest BCUT2D eigenvalue weighted by Crippen LogP contribution is 2.39. The van der Waals surface area contributed by atoms with Crippen LogP contribution >= 0.6 is 0 Å². The molecule has 1 aromatic heterocycles. The zero-order valence-electron chi connectivity index (χ0n) is 9.93. The molecule has 0 radical (unpaired) electrons. The highest BCUT2D eigenvalue weighted by molar-refractivity contribution is 6.00. The van der Waals surface area contributed by atoms with Gasteiger partial charge < -0.3 is 5.73 Å². The van der Waals surface area contributed by atoms with E-state index in [-0.39, 0.29) is 0 Å². The minimum Gasteiger partial charge on any atom is -0.383 e. The minimum absolute atomic E-state index is 0.531. The topological polar surface area (TPSA) is 51.8 Å². The van der Waals surface area contributed by atoms with Crippen LogP contribution in [0.3, 0.4) is 0 Å². The van der Waals surface area contributed by atoms with Crippen LogP contribution < -0.4 is 5.73 Å². The molecular weight excluding hydrogens is 222 g/mol. The van der Waals surface area contributed by atoms with Crippen molar-refractivity contribution in [3.05, 3.63) is 42.2 Å². The first kappa shape index (κ1) is 9.83. The molecular formula is C15H13N3. The second-order valence-corrected chi connectivity index (χ2v) is 4.96. The number of hydrogen-bond acceptors (Lipinski definition) is 3. The molecule has 2 N–H and O–H groups in total. The number of nitrogen functional groups attached to an aromatic ring is 1. The number of nitrogens with zero attached hydrogens (tertiary/aromatic N) is 2. The molecule has 88 valence electrons. The molecule has 1 fully saturated rings. The molecule has 0 amide bonds. The van der Waals surface area contributed by atoms with Crippen LogP contribution in [-0.4, -0.2) is 9.97 Å². The SMILES string of the molecule is Nc1nc(C2CC2)nc2cc3ccccc3cc12. The van der Waals surface area contributed by atoms with E-state index in [9.17, 15) is 0 Å². The van der Waals surface area contributed by atoms with Crippen molar-refractivity contribution in [3.8, 4) is 0 Å². The van der Waals surface area contributed by atoms with Crippen LogP contribution in [0.5, 0.6) is 0 Å². The average molecular weight is 235 g/mol. The van der Waals surface area contributed by atoms with E-state index in [0.29, 0.717) is 11.7 Å². The molecule has 0 unspecified atom stereocenters. The maximum absolute atomic E-state index is 6.06. The molecule has 0 aliphatic heterocycles. The van der Waals surface area contributed by atoms with E-state index >= 15 is 0 Å². The number of hydrogen-bond donors (Lipinski definition) is 1. The summed E-state index contributed by atoms with van der Waals surface area (Å²) in [5, 5.41) is 3.34.